The van der Waals surface area contributed by atoms with E-state index in [1.54, 1.807) is 48.5 Å². The molecule has 3 nitrogen and oxygen atoms in total. The van der Waals surface area contributed by atoms with Gasteiger partial charge in [-0.05, 0) is 11.6 Å². The molecule has 118 valence electrons. The number of carbonyl (C=O) groups is 1. The van der Waals surface area contributed by atoms with Crippen molar-refractivity contribution in [1.29, 1.82) is 0 Å². The first-order valence-corrected chi connectivity index (χ1v) is 7.01. The lowest BCUT2D eigenvalue weighted by Crippen LogP contribution is -2.41. The van der Waals surface area contributed by atoms with Gasteiger partial charge < -0.3 is 4.90 Å². The molecule has 0 saturated carbocycles. The Balaban J connectivity index is 2.07. The van der Waals surface area contributed by atoms with Crippen molar-refractivity contribution in [2.75, 3.05) is 11.4 Å². The van der Waals surface area contributed by atoms with Crippen molar-refractivity contribution in [2.45, 2.75) is 12.2 Å². The summed E-state index contributed by atoms with van der Waals surface area (Å²) in [6.45, 7) is -1.34. The van der Waals surface area contributed by atoms with Gasteiger partial charge in [-0.25, -0.2) is 0 Å². The molecule has 1 amide bonds. The van der Waals surface area contributed by atoms with E-state index in [0.29, 0.717) is 11.1 Å². The second-order valence-electron chi connectivity index (χ2n) is 5.19. The van der Waals surface area contributed by atoms with Crippen LogP contribution in [0.5, 0.6) is 0 Å². The second-order valence-corrected chi connectivity index (χ2v) is 5.19. The predicted octanol–water partition coefficient (Wildman–Crippen LogP) is 3.76. The Hall–Kier alpha value is -2.63. The number of rotatable bonds is 2. The van der Waals surface area contributed by atoms with Crippen molar-refractivity contribution in [1.82, 2.24) is 0 Å². The number of hydrogen-bond donors (Lipinski definition) is 0. The van der Waals surface area contributed by atoms with Gasteiger partial charge in [0.15, 0.2) is 6.04 Å². The van der Waals surface area contributed by atoms with Crippen LogP contribution in [0.15, 0.2) is 59.6 Å². The predicted molar refractivity (Wildman–Crippen MR) is 81.6 cm³/mol. The SMILES string of the molecule is O=C1C(c2ccccc2)N=Cc2ccccc2N1CC(F)(F)F. The average Bonchev–Trinajstić information content (AvgIpc) is 2.65. The van der Waals surface area contributed by atoms with E-state index in [1.165, 1.54) is 12.3 Å². The van der Waals surface area contributed by atoms with Gasteiger partial charge >= 0.3 is 6.18 Å². The first kappa shape index (κ1) is 15.3. The number of nitrogens with zero attached hydrogens (tertiary/aromatic N) is 2. The third kappa shape index (κ3) is 3.26. The zero-order chi connectivity index (χ0) is 16.4. The van der Waals surface area contributed by atoms with E-state index in [0.717, 1.165) is 4.90 Å². The zero-order valence-corrected chi connectivity index (χ0v) is 12.0. The fourth-order valence-electron chi connectivity index (χ4n) is 2.53. The first-order valence-electron chi connectivity index (χ1n) is 7.01. The fourth-order valence-corrected chi connectivity index (χ4v) is 2.53. The average molecular weight is 318 g/mol. The Morgan fingerprint density at radius 1 is 1.00 bits per heavy atom. The standard InChI is InChI=1S/C17H13F3N2O/c18-17(19,20)11-22-14-9-5-4-8-13(14)10-21-15(16(22)23)12-6-2-1-3-7-12/h1-10,15H,11H2. The number of fused-ring (bicyclic) bond motifs is 1. The van der Waals surface area contributed by atoms with Crippen molar-refractivity contribution in [3.05, 3.63) is 65.7 Å². The molecule has 0 bridgehead atoms. The minimum Gasteiger partial charge on any atom is -0.300 e. The molecule has 1 unspecified atom stereocenters. The van der Waals surface area contributed by atoms with Crippen molar-refractivity contribution < 1.29 is 18.0 Å². The molecule has 23 heavy (non-hydrogen) atoms. The monoisotopic (exact) mass is 318 g/mol. The second kappa shape index (κ2) is 5.87. The van der Waals surface area contributed by atoms with Crippen LogP contribution in [0.2, 0.25) is 0 Å². The van der Waals surface area contributed by atoms with E-state index in [9.17, 15) is 18.0 Å². The van der Waals surface area contributed by atoms with Gasteiger partial charge in [0.05, 0.1) is 5.69 Å². The molecule has 1 aliphatic heterocycles. The van der Waals surface area contributed by atoms with Gasteiger partial charge in [0.25, 0.3) is 5.91 Å². The summed E-state index contributed by atoms with van der Waals surface area (Å²) in [4.78, 5) is 17.7. The summed E-state index contributed by atoms with van der Waals surface area (Å²) in [6.07, 6.45) is -3.03. The largest absolute Gasteiger partial charge is 0.406 e. The van der Waals surface area contributed by atoms with Crippen LogP contribution >= 0.6 is 0 Å². The van der Waals surface area contributed by atoms with Crippen molar-refractivity contribution in [3.8, 4) is 0 Å². The summed E-state index contributed by atoms with van der Waals surface area (Å²) < 4.78 is 38.8. The molecule has 0 saturated heterocycles. The highest BCUT2D eigenvalue weighted by molar-refractivity contribution is 6.05. The van der Waals surface area contributed by atoms with E-state index in [2.05, 4.69) is 4.99 Å². The van der Waals surface area contributed by atoms with Gasteiger partial charge in [0.1, 0.15) is 6.54 Å². The summed E-state index contributed by atoms with van der Waals surface area (Å²) in [5.74, 6) is -0.685. The van der Waals surface area contributed by atoms with E-state index < -0.39 is 24.7 Å². The molecule has 0 radical (unpaired) electrons. The minimum absolute atomic E-state index is 0.219. The van der Waals surface area contributed by atoms with Crippen LogP contribution in [-0.2, 0) is 4.79 Å². The van der Waals surface area contributed by atoms with Crippen LogP contribution in [0, 0.1) is 0 Å². The molecule has 2 aromatic rings. The Morgan fingerprint density at radius 3 is 2.35 bits per heavy atom. The molecule has 1 atom stereocenters. The number of alkyl halides is 3. The highest BCUT2D eigenvalue weighted by atomic mass is 19.4. The number of para-hydroxylation sites is 1. The maximum Gasteiger partial charge on any atom is 0.406 e. The summed E-state index contributed by atoms with van der Waals surface area (Å²) in [6, 6.07) is 14.1. The number of benzodiazepines with no additional fused rings is 1. The van der Waals surface area contributed by atoms with Crippen LogP contribution in [0.25, 0.3) is 0 Å². The number of anilines is 1. The van der Waals surface area contributed by atoms with E-state index in [1.807, 2.05) is 0 Å². The smallest absolute Gasteiger partial charge is 0.300 e. The number of halogens is 3. The van der Waals surface area contributed by atoms with Crippen LogP contribution in [-0.4, -0.2) is 24.8 Å². The molecule has 1 heterocycles. The Bertz CT molecular complexity index is 741. The molecular formula is C17H13F3N2O. The molecule has 3 rings (SSSR count). The fraction of sp³-hybridized carbons (Fsp3) is 0.176. The van der Waals surface area contributed by atoms with Gasteiger partial charge in [0, 0.05) is 11.8 Å². The topological polar surface area (TPSA) is 32.7 Å². The number of carbonyl (C=O) groups excluding carboxylic acids is 1. The Labute approximate surface area is 131 Å². The number of aliphatic imine (C=N–C) groups is 1. The zero-order valence-electron chi connectivity index (χ0n) is 12.0. The maximum atomic E-state index is 12.9. The van der Waals surface area contributed by atoms with Crippen molar-refractivity contribution >= 4 is 17.8 Å². The molecule has 0 N–H and O–H groups in total. The third-order valence-corrected chi connectivity index (χ3v) is 3.54. The summed E-state index contributed by atoms with van der Waals surface area (Å²) in [7, 11) is 0. The molecule has 6 heteroatoms. The molecular weight excluding hydrogens is 305 g/mol. The van der Waals surface area contributed by atoms with Crippen LogP contribution in [0.1, 0.15) is 17.2 Å². The van der Waals surface area contributed by atoms with Gasteiger partial charge in [-0.3, -0.25) is 9.79 Å². The lowest BCUT2D eigenvalue weighted by molar-refractivity contribution is -0.133. The number of hydrogen-bond acceptors (Lipinski definition) is 2. The Morgan fingerprint density at radius 2 is 1.65 bits per heavy atom. The van der Waals surface area contributed by atoms with Crippen molar-refractivity contribution in [2.24, 2.45) is 4.99 Å². The summed E-state index contributed by atoms with van der Waals surface area (Å²) in [5, 5.41) is 0. The highest BCUT2D eigenvalue weighted by Gasteiger charge is 2.38. The van der Waals surface area contributed by atoms with E-state index in [4.69, 9.17) is 0 Å². The highest BCUT2D eigenvalue weighted by Crippen LogP contribution is 2.31. The maximum absolute atomic E-state index is 12.9. The molecule has 0 fully saturated rings. The van der Waals surface area contributed by atoms with Gasteiger partial charge in [0.2, 0.25) is 0 Å². The molecule has 0 aromatic heterocycles. The summed E-state index contributed by atoms with van der Waals surface area (Å²) >= 11 is 0. The van der Waals surface area contributed by atoms with Crippen LogP contribution in [0.3, 0.4) is 0 Å². The van der Waals surface area contributed by atoms with Gasteiger partial charge in [-0.15, -0.1) is 0 Å². The molecule has 2 aromatic carbocycles. The lowest BCUT2D eigenvalue weighted by atomic mass is 10.1. The van der Waals surface area contributed by atoms with E-state index in [-0.39, 0.29) is 5.69 Å². The normalized spacial score (nSPS) is 17.8. The molecule has 0 aliphatic carbocycles. The third-order valence-electron chi connectivity index (χ3n) is 3.54. The first-order chi connectivity index (χ1) is 11.0. The minimum atomic E-state index is -4.49. The van der Waals surface area contributed by atoms with Crippen molar-refractivity contribution in [3.63, 3.8) is 0 Å². The molecule has 0 spiro atoms. The summed E-state index contributed by atoms with van der Waals surface area (Å²) in [5.41, 5.74) is 1.27. The van der Waals surface area contributed by atoms with E-state index >= 15 is 0 Å². The number of amides is 1. The Kier molecular flexibility index (Phi) is 3.90. The molecule has 1 aliphatic rings. The quantitative estimate of drug-likeness (QED) is 0.830. The van der Waals surface area contributed by atoms with Gasteiger partial charge in [-0.1, -0.05) is 48.5 Å². The van der Waals surface area contributed by atoms with Gasteiger partial charge in [-0.2, -0.15) is 13.2 Å². The van der Waals surface area contributed by atoms with Crippen LogP contribution < -0.4 is 4.90 Å². The van der Waals surface area contributed by atoms with Crippen LogP contribution in [0.4, 0.5) is 18.9 Å². The lowest BCUT2D eigenvalue weighted by Gasteiger charge is -2.26. The number of benzene rings is 2.